The summed E-state index contributed by atoms with van der Waals surface area (Å²) >= 11 is 0. The number of hydrogen-bond acceptors (Lipinski definition) is 6. The van der Waals surface area contributed by atoms with Gasteiger partial charge in [-0.2, -0.15) is 0 Å². The molecule has 30 heavy (non-hydrogen) atoms. The summed E-state index contributed by atoms with van der Waals surface area (Å²) in [5.41, 5.74) is 1.22. The van der Waals surface area contributed by atoms with E-state index >= 15 is 0 Å². The van der Waals surface area contributed by atoms with E-state index in [2.05, 4.69) is 34.2 Å². The number of benzene rings is 1. The zero-order valence-corrected chi connectivity index (χ0v) is 18.7. The van der Waals surface area contributed by atoms with Crippen molar-refractivity contribution in [3.05, 3.63) is 23.8 Å². The van der Waals surface area contributed by atoms with E-state index in [9.17, 15) is 5.11 Å². The molecule has 1 heterocycles. The normalized spacial score (nSPS) is 21.7. The Morgan fingerprint density at radius 3 is 2.30 bits per heavy atom. The minimum atomic E-state index is -0.498. The Bertz CT molecular complexity index is 658. The van der Waals surface area contributed by atoms with Gasteiger partial charge in [-0.05, 0) is 61.8 Å². The van der Waals surface area contributed by atoms with E-state index in [1.165, 1.54) is 31.2 Å². The molecule has 1 aliphatic heterocycles. The number of aliphatic hydroxyl groups is 1. The summed E-state index contributed by atoms with van der Waals surface area (Å²) in [7, 11) is 1.68. The van der Waals surface area contributed by atoms with Crippen LogP contribution in [0, 0.1) is 11.8 Å². The van der Waals surface area contributed by atoms with Crippen LogP contribution in [-0.4, -0.2) is 80.0 Å². The van der Waals surface area contributed by atoms with Crippen molar-refractivity contribution in [1.82, 2.24) is 15.1 Å². The molecule has 6 heteroatoms. The first kappa shape index (κ1) is 21.9. The largest absolute Gasteiger partial charge is 0.493 e. The van der Waals surface area contributed by atoms with Gasteiger partial charge in [0.25, 0.3) is 0 Å². The molecule has 3 aliphatic rings. The summed E-state index contributed by atoms with van der Waals surface area (Å²) in [6.07, 6.45) is 5.06. The van der Waals surface area contributed by atoms with Crippen LogP contribution in [0.25, 0.3) is 0 Å². The van der Waals surface area contributed by atoms with Crippen LogP contribution in [0.4, 0.5) is 0 Å². The van der Waals surface area contributed by atoms with Gasteiger partial charge >= 0.3 is 0 Å². The van der Waals surface area contributed by atoms with Crippen LogP contribution in [0.15, 0.2) is 18.2 Å². The number of β-amino-alcohol motifs (C(OH)–C–C–N with tert-alkyl or cyclic N) is 1. The van der Waals surface area contributed by atoms with E-state index < -0.39 is 6.10 Å². The third-order valence-electron chi connectivity index (χ3n) is 6.84. The highest BCUT2D eigenvalue weighted by Gasteiger charge is 2.40. The molecule has 1 aromatic carbocycles. The van der Waals surface area contributed by atoms with Crippen molar-refractivity contribution in [1.29, 1.82) is 0 Å². The number of nitrogens with zero attached hydrogens (tertiary/aromatic N) is 2. The second-order valence-electron chi connectivity index (χ2n) is 9.27. The summed E-state index contributed by atoms with van der Waals surface area (Å²) in [5.74, 6) is 3.24. The monoisotopic (exact) mass is 417 g/mol. The van der Waals surface area contributed by atoms with Crippen molar-refractivity contribution >= 4 is 0 Å². The lowest BCUT2D eigenvalue weighted by Crippen LogP contribution is -2.49. The van der Waals surface area contributed by atoms with Gasteiger partial charge in [-0.1, -0.05) is 13.0 Å². The Hall–Kier alpha value is -1.34. The van der Waals surface area contributed by atoms with Gasteiger partial charge in [-0.25, -0.2) is 0 Å². The molecule has 1 aromatic rings. The topological polar surface area (TPSA) is 57.2 Å². The molecule has 2 saturated carbocycles. The van der Waals surface area contributed by atoms with Crippen LogP contribution in [0.3, 0.4) is 0 Å². The minimum Gasteiger partial charge on any atom is -0.493 e. The molecule has 168 valence electrons. The van der Waals surface area contributed by atoms with E-state index in [0.29, 0.717) is 18.3 Å². The number of hydrogen-bond donors (Lipinski definition) is 2. The Balaban J connectivity index is 1.23. The number of piperazine rings is 1. The molecule has 0 radical (unpaired) electrons. The molecule has 6 nitrogen and oxygen atoms in total. The van der Waals surface area contributed by atoms with E-state index in [1.54, 1.807) is 7.11 Å². The zero-order valence-electron chi connectivity index (χ0n) is 18.7. The smallest absolute Gasteiger partial charge is 0.161 e. The Morgan fingerprint density at radius 2 is 1.70 bits per heavy atom. The lowest BCUT2D eigenvalue weighted by molar-refractivity contribution is 0.0464. The van der Waals surface area contributed by atoms with Crippen LogP contribution in [0.5, 0.6) is 11.5 Å². The van der Waals surface area contributed by atoms with E-state index in [4.69, 9.17) is 9.47 Å². The number of methoxy groups -OCH3 is 1. The summed E-state index contributed by atoms with van der Waals surface area (Å²) in [4.78, 5) is 4.76. The first-order chi connectivity index (χ1) is 14.7. The lowest BCUT2D eigenvalue weighted by Gasteiger charge is -2.34. The number of likely N-dealkylation sites (N-methyl/N-ethyl adjacent to an activating group) is 1. The van der Waals surface area contributed by atoms with Crippen LogP contribution in [-0.2, 0) is 6.54 Å². The van der Waals surface area contributed by atoms with Crippen LogP contribution in [0.1, 0.15) is 38.2 Å². The molecule has 1 unspecified atom stereocenters. The third-order valence-corrected chi connectivity index (χ3v) is 6.84. The summed E-state index contributed by atoms with van der Waals surface area (Å²) in [6, 6.07) is 6.85. The van der Waals surface area contributed by atoms with E-state index in [1.807, 2.05) is 6.07 Å². The molecule has 2 N–H and O–H groups in total. The first-order valence-corrected chi connectivity index (χ1v) is 11.8. The zero-order chi connectivity index (χ0) is 20.9. The molecule has 1 saturated heterocycles. The van der Waals surface area contributed by atoms with Crippen molar-refractivity contribution in [2.24, 2.45) is 11.8 Å². The van der Waals surface area contributed by atoms with Gasteiger partial charge in [-0.15, -0.1) is 0 Å². The standard InChI is InChI=1S/C24H39N3O3/c1-3-26-10-12-27(13-11-26)16-21(28)17-30-22-9-4-18(14-23(22)29-2)15-25-24(19-5-6-19)20-7-8-20/h4,9,14,19-21,24-25,28H,3,5-8,10-13,15-17H2,1-2H3. The maximum Gasteiger partial charge on any atom is 0.161 e. The maximum atomic E-state index is 10.4. The number of aliphatic hydroxyl groups excluding tert-OH is 1. The molecule has 0 bridgehead atoms. The second-order valence-corrected chi connectivity index (χ2v) is 9.27. The summed E-state index contributed by atoms with van der Waals surface area (Å²) < 4.78 is 11.5. The van der Waals surface area contributed by atoms with Crippen LogP contribution in [0.2, 0.25) is 0 Å². The highest BCUT2D eigenvalue weighted by Crippen LogP contribution is 2.44. The SMILES string of the molecule is CCN1CCN(CC(O)COc2ccc(CNC(C3CC3)C3CC3)cc2OC)CC1. The molecular weight excluding hydrogens is 378 g/mol. The fourth-order valence-corrected chi connectivity index (χ4v) is 4.63. The average molecular weight is 418 g/mol. The van der Waals surface area contributed by atoms with Gasteiger partial charge in [0.05, 0.1) is 7.11 Å². The highest BCUT2D eigenvalue weighted by atomic mass is 16.5. The van der Waals surface area contributed by atoms with Gasteiger partial charge in [0, 0.05) is 45.3 Å². The summed E-state index contributed by atoms with van der Waals surface area (Å²) in [6.45, 7) is 9.31. The van der Waals surface area contributed by atoms with Gasteiger partial charge in [0.15, 0.2) is 11.5 Å². The summed E-state index contributed by atoms with van der Waals surface area (Å²) in [5, 5.41) is 14.2. The highest BCUT2D eigenvalue weighted by molar-refractivity contribution is 5.43. The van der Waals surface area contributed by atoms with Crippen molar-refractivity contribution < 1.29 is 14.6 Å². The number of ether oxygens (including phenoxy) is 2. The predicted molar refractivity (Wildman–Crippen MR) is 119 cm³/mol. The fourth-order valence-electron chi connectivity index (χ4n) is 4.63. The Morgan fingerprint density at radius 1 is 1.03 bits per heavy atom. The average Bonchev–Trinajstić information content (AvgIpc) is 3.68. The number of nitrogens with one attached hydrogen (secondary N) is 1. The quantitative estimate of drug-likeness (QED) is 0.545. The van der Waals surface area contributed by atoms with Gasteiger partial charge < -0.3 is 24.8 Å². The molecule has 0 spiro atoms. The Labute approximate surface area is 181 Å². The third kappa shape index (κ3) is 6.10. The molecule has 1 atom stereocenters. The van der Waals surface area contributed by atoms with Crippen LogP contribution < -0.4 is 14.8 Å². The fraction of sp³-hybridized carbons (Fsp3) is 0.750. The maximum absolute atomic E-state index is 10.4. The molecular formula is C24H39N3O3. The lowest BCUT2D eigenvalue weighted by atomic mass is 10.1. The molecule has 4 rings (SSSR count). The molecule has 0 amide bonds. The van der Waals surface area contributed by atoms with Gasteiger partial charge in [0.2, 0.25) is 0 Å². The molecule has 0 aromatic heterocycles. The van der Waals surface area contributed by atoms with Gasteiger partial charge in [-0.3, -0.25) is 4.90 Å². The predicted octanol–water partition coefficient (Wildman–Crippen LogP) is 2.35. The second kappa shape index (κ2) is 10.3. The van der Waals surface area contributed by atoms with Crippen molar-refractivity contribution in [3.8, 4) is 11.5 Å². The van der Waals surface area contributed by atoms with Crippen molar-refractivity contribution in [2.45, 2.75) is 51.3 Å². The first-order valence-electron chi connectivity index (χ1n) is 11.8. The molecule has 3 fully saturated rings. The van der Waals surface area contributed by atoms with Crippen molar-refractivity contribution in [3.63, 3.8) is 0 Å². The van der Waals surface area contributed by atoms with Crippen LogP contribution >= 0.6 is 0 Å². The Kier molecular flexibility index (Phi) is 7.52. The van der Waals surface area contributed by atoms with E-state index in [0.717, 1.165) is 56.9 Å². The molecule has 2 aliphatic carbocycles. The minimum absolute atomic E-state index is 0.285. The van der Waals surface area contributed by atoms with Crippen molar-refractivity contribution in [2.75, 3.05) is 53.0 Å². The number of rotatable bonds is 12. The van der Waals surface area contributed by atoms with E-state index in [-0.39, 0.29) is 6.61 Å². The van der Waals surface area contributed by atoms with Gasteiger partial charge in [0.1, 0.15) is 12.7 Å².